The van der Waals surface area contributed by atoms with Gasteiger partial charge < -0.3 is 18.7 Å². The second-order valence-electron chi connectivity index (χ2n) is 5.61. The predicted octanol–water partition coefficient (Wildman–Crippen LogP) is 5.07. The summed E-state index contributed by atoms with van der Waals surface area (Å²) in [4.78, 5) is 4.41. The molecule has 0 atom stereocenters. The molecule has 27 heavy (non-hydrogen) atoms. The van der Waals surface area contributed by atoms with Crippen molar-refractivity contribution in [2.24, 2.45) is 0 Å². The highest BCUT2D eigenvalue weighted by Crippen LogP contribution is 2.31. The number of hydrogen-bond acceptors (Lipinski definition) is 6. The molecule has 0 aliphatic heterocycles. The van der Waals surface area contributed by atoms with Crippen molar-refractivity contribution in [2.75, 3.05) is 20.8 Å². The van der Waals surface area contributed by atoms with Crippen LogP contribution in [0.2, 0.25) is 10.0 Å². The minimum atomic E-state index is 0.468. The van der Waals surface area contributed by atoms with E-state index in [9.17, 15) is 0 Å². The minimum Gasteiger partial charge on any atom is -0.493 e. The van der Waals surface area contributed by atoms with Crippen LogP contribution in [-0.4, -0.2) is 31.0 Å². The average molecular weight is 409 g/mol. The van der Waals surface area contributed by atoms with Gasteiger partial charge in [0.1, 0.15) is 5.75 Å². The second-order valence-corrected chi connectivity index (χ2v) is 6.45. The molecule has 142 valence electrons. The maximum Gasteiger partial charge on any atom is 0.227 e. The molecule has 0 amide bonds. The van der Waals surface area contributed by atoms with Crippen molar-refractivity contribution in [1.29, 1.82) is 0 Å². The highest BCUT2D eigenvalue weighted by atomic mass is 35.5. The third-order valence-corrected chi connectivity index (χ3v) is 4.33. The fourth-order valence-corrected chi connectivity index (χ4v) is 2.91. The lowest BCUT2D eigenvalue weighted by Crippen LogP contribution is -2.00. The maximum atomic E-state index is 6.07. The first-order chi connectivity index (χ1) is 13.1. The van der Waals surface area contributed by atoms with Crippen LogP contribution in [0.4, 0.5) is 0 Å². The van der Waals surface area contributed by atoms with E-state index in [1.165, 1.54) is 0 Å². The van der Waals surface area contributed by atoms with E-state index in [1.54, 1.807) is 44.6 Å². The topological polar surface area (TPSA) is 66.6 Å². The Labute approximate surface area is 167 Å². The first-order valence-corrected chi connectivity index (χ1v) is 8.99. The van der Waals surface area contributed by atoms with Crippen LogP contribution in [0.5, 0.6) is 17.2 Å². The lowest BCUT2D eigenvalue weighted by Gasteiger charge is -2.07. The molecule has 0 N–H and O–H groups in total. The summed E-state index contributed by atoms with van der Waals surface area (Å²) in [5.41, 5.74) is 0.784. The largest absolute Gasteiger partial charge is 0.493 e. The molecule has 0 fully saturated rings. The van der Waals surface area contributed by atoms with Gasteiger partial charge in [0.15, 0.2) is 11.5 Å². The molecular weight excluding hydrogens is 391 g/mol. The molecule has 1 heterocycles. The molecule has 0 aliphatic rings. The summed E-state index contributed by atoms with van der Waals surface area (Å²) >= 11 is 11.9. The molecule has 6 nitrogen and oxygen atoms in total. The zero-order chi connectivity index (χ0) is 19.2. The minimum absolute atomic E-state index is 0.468. The number of halogens is 2. The summed E-state index contributed by atoms with van der Waals surface area (Å²) in [5, 5.41) is 5.07. The number of ether oxygens (including phenoxy) is 3. The Kier molecular flexibility index (Phi) is 6.42. The summed E-state index contributed by atoms with van der Waals surface area (Å²) < 4.78 is 21.5. The summed E-state index contributed by atoms with van der Waals surface area (Å²) in [6.45, 7) is 0.468. The summed E-state index contributed by atoms with van der Waals surface area (Å²) in [6, 6.07) is 10.6. The quantitative estimate of drug-likeness (QED) is 0.484. The molecule has 3 aromatic rings. The normalized spacial score (nSPS) is 10.7. The maximum absolute atomic E-state index is 6.07. The van der Waals surface area contributed by atoms with E-state index >= 15 is 0 Å². The molecule has 3 rings (SSSR count). The highest BCUT2D eigenvalue weighted by Gasteiger charge is 2.12. The van der Waals surface area contributed by atoms with Crippen molar-refractivity contribution in [3.8, 4) is 28.6 Å². The van der Waals surface area contributed by atoms with Crippen molar-refractivity contribution in [3.05, 3.63) is 52.3 Å². The van der Waals surface area contributed by atoms with E-state index in [0.29, 0.717) is 58.5 Å². The van der Waals surface area contributed by atoms with Crippen molar-refractivity contribution in [3.63, 3.8) is 0 Å². The van der Waals surface area contributed by atoms with Crippen molar-refractivity contribution in [1.82, 2.24) is 10.1 Å². The molecule has 0 saturated heterocycles. The van der Waals surface area contributed by atoms with E-state index in [0.717, 1.165) is 5.56 Å². The predicted molar refractivity (Wildman–Crippen MR) is 103 cm³/mol. The number of rotatable bonds is 8. The molecule has 0 spiro atoms. The molecule has 0 bridgehead atoms. The van der Waals surface area contributed by atoms with Gasteiger partial charge in [-0.2, -0.15) is 4.98 Å². The zero-order valence-electron chi connectivity index (χ0n) is 14.9. The van der Waals surface area contributed by atoms with Gasteiger partial charge in [-0.15, -0.1) is 0 Å². The highest BCUT2D eigenvalue weighted by molar-refractivity contribution is 6.35. The Morgan fingerprint density at radius 2 is 1.74 bits per heavy atom. The van der Waals surface area contributed by atoms with Crippen molar-refractivity contribution in [2.45, 2.75) is 12.8 Å². The van der Waals surface area contributed by atoms with Crippen LogP contribution in [0.3, 0.4) is 0 Å². The lowest BCUT2D eigenvalue weighted by molar-refractivity contribution is 0.298. The second kappa shape index (κ2) is 8.97. The molecule has 8 heteroatoms. The van der Waals surface area contributed by atoms with Gasteiger partial charge in [0.05, 0.1) is 25.8 Å². The summed E-state index contributed by atoms with van der Waals surface area (Å²) in [5.74, 6) is 2.87. The third kappa shape index (κ3) is 4.84. The van der Waals surface area contributed by atoms with Gasteiger partial charge in [-0.3, -0.25) is 0 Å². The number of aromatic nitrogens is 2. The number of methoxy groups -OCH3 is 2. The van der Waals surface area contributed by atoms with Crippen LogP contribution in [0.1, 0.15) is 12.3 Å². The van der Waals surface area contributed by atoms with Gasteiger partial charge in [0.25, 0.3) is 0 Å². The van der Waals surface area contributed by atoms with Gasteiger partial charge in [0.2, 0.25) is 11.7 Å². The smallest absolute Gasteiger partial charge is 0.227 e. The third-order valence-electron chi connectivity index (χ3n) is 3.80. The van der Waals surface area contributed by atoms with Crippen LogP contribution < -0.4 is 14.2 Å². The molecule has 0 aliphatic carbocycles. The standard InChI is InChI=1S/C19H18Cl2N2O4/c1-24-16-7-5-12(10-17(16)25-2)19-22-18(27-23-19)4-3-9-26-15-8-6-13(20)11-14(15)21/h5-8,10-11H,3-4,9H2,1-2H3. The fraction of sp³-hybridized carbons (Fsp3) is 0.263. The van der Waals surface area contributed by atoms with Crippen molar-refractivity contribution >= 4 is 23.2 Å². The molecule has 0 saturated carbocycles. The Hall–Kier alpha value is -2.44. The summed E-state index contributed by atoms with van der Waals surface area (Å²) in [7, 11) is 3.17. The SMILES string of the molecule is COc1ccc(-c2noc(CCCOc3ccc(Cl)cc3Cl)n2)cc1OC. The molecule has 0 unspecified atom stereocenters. The van der Waals surface area contributed by atoms with Gasteiger partial charge in [-0.25, -0.2) is 0 Å². The van der Waals surface area contributed by atoms with E-state index in [2.05, 4.69) is 10.1 Å². The first-order valence-electron chi connectivity index (χ1n) is 8.23. The van der Waals surface area contributed by atoms with E-state index in [-0.39, 0.29) is 0 Å². The number of benzene rings is 2. The Morgan fingerprint density at radius 1 is 0.963 bits per heavy atom. The van der Waals surface area contributed by atoms with E-state index in [4.69, 9.17) is 41.9 Å². The van der Waals surface area contributed by atoms with Crippen LogP contribution in [0, 0.1) is 0 Å². The summed E-state index contributed by atoms with van der Waals surface area (Å²) in [6.07, 6.45) is 1.29. The fourth-order valence-electron chi connectivity index (χ4n) is 2.45. The first kappa shape index (κ1) is 19.3. The zero-order valence-corrected chi connectivity index (χ0v) is 16.4. The lowest BCUT2D eigenvalue weighted by atomic mass is 10.2. The molecule has 1 aromatic heterocycles. The van der Waals surface area contributed by atoms with Gasteiger partial charge in [0, 0.05) is 17.0 Å². The average Bonchev–Trinajstić information content (AvgIpc) is 3.15. The van der Waals surface area contributed by atoms with Crippen LogP contribution in [0.15, 0.2) is 40.9 Å². The molecule has 2 aromatic carbocycles. The number of nitrogens with zero attached hydrogens (tertiary/aromatic N) is 2. The van der Waals surface area contributed by atoms with Crippen LogP contribution >= 0.6 is 23.2 Å². The van der Waals surface area contributed by atoms with Crippen molar-refractivity contribution < 1.29 is 18.7 Å². The van der Waals surface area contributed by atoms with Gasteiger partial charge in [-0.1, -0.05) is 28.4 Å². The van der Waals surface area contributed by atoms with E-state index in [1.807, 2.05) is 6.07 Å². The Bertz CT molecular complexity index is 914. The Morgan fingerprint density at radius 3 is 2.48 bits per heavy atom. The molecule has 0 radical (unpaired) electrons. The number of hydrogen-bond donors (Lipinski definition) is 0. The van der Waals surface area contributed by atoms with Gasteiger partial charge in [-0.05, 0) is 42.8 Å². The van der Waals surface area contributed by atoms with Crippen LogP contribution in [0.25, 0.3) is 11.4 Å². The number of aryl methyl sites for hydroxylation is 1. The molecular formula is C19H18Cl2N2O4. The van der Waals surface area contributed by atoms with Crippen LogP contribution in [-0.2, 0) is 6.42 Å². The Balaban J connectivity index is 1.56. The van der Waals surface area contributed by atoms with Gasteiger partial charge >= 0.3 is 0 Å². The monoisotopic (exact) mass is 408 g/mol. The van der Waals surface area contributed by atoms with E-state index < -0.39 is 0 Å².